The zero-order valence-corrected chi connectivity index (χ0v) is 16.5. The van der Waals surface area contributed by atoms with Gasteiger partial charge < -0.3 is 20.3 Å². The van der Waals surface area contributed by atoms with E-state index in [0.717, 1.165) is 0 Å². The van der Waals surface area contributed by atoms with Crippen LogP contribution in [0.15, 0.2) is 23.6 Å². The smallest absolute Gasteiger partial charge is 0.273 e. The molecule has 0 aliphatic carbocycles. The van der Waals surface area contributed by atoms with Gasteiger partial charge in [0.05, 0.1) is 28.9 Å². The molecule has 2 rings (SSSR count). The van der Waals surface area contributed by atoms with Gasteiger partial charge in [-0.05, 0) is 12.1 Å². The average Bonchev–Trinajstić information content (AvgIpc) is 3.07. The molecule has 0 saturated heterocycles. The highest BCUT2D eigenvalue weighted by molar-refractivity contribution is 7.14. The van der Waals surface area contributed by atoms with Gasteiger partial charge in [0.25, 0.3) is 5.91 Å². The minimum atomic E-state index is -0.353. The minimum absolute atomic E-state index is 0.0665. The Kier molecular flexibility index (Phi) is 7.65. The van der Waals surface area contributed by atoms with E-state index in [2.05, 4.69) is 15.6 Å². The highest BCUT2D eigenvalue weighted by atomic mass is 35.5. The van der Waals surface area contributed by atoms with Crippen molar-refractivity contribution in [2.75, 3.05) is 39.2 Å². The molecule has 0 atom stereocenters. The number of thiazole rings is 1. The number of nitrogens with zero attached hydrogens (tertiary/aromatic N) is 2. The number of carbonyl (C=O) groups excluding carboxylic acids is 2. The molecule has 0 aliphatic heterocycles. The largest absolute Gasteiger partial charge is 0.383 e. The fourth-order valence-electron chi connectivity index (χ4n) is 1.98. The molecule has 0 saturated carbocycles. The fraction of sp³-hybridized carbons (Fsp3) is 0.312. The Morgan fingerprint density at radius 1 is 1.35 bits per heavy atom. The van der Waals surface area contributed by atoms with Crippen molar-refractivity contribution in [3.63, 3.8) is 0 Å². The van der Waals surface area contributed by atoms with Crippen molar-refractivity contribution in [2.45, 2.75) is 0 Å². The average molecular weight is 417 g/mol. The molecule has 0 radical (unpaired) electrons. The van der Waals surface area contributed by atoms with Crippen LogP contribution >= 0.6 is 34.5 Å². The van der Waals surface area contributed by atoms with Crippen molar-refractivity contribution in [3.05, 3.63) is 39.3 Å². The van der Waals surface area contributed by atoms with Gasteiger partial charge in [-0.15, -0.1) is 11.3 Å². The molecule has 2 N–H and O–H groups in total. The van der Waals surface area contributed by atoms with Crippen LogP contribution in [0.2, 0.25) is 10.0 Å². The third-order valence-corrected chi connectivity index (χ3v) is 4.85. The molecular formula is C16H18Cl2N4O3S. The van der Waals surface area contributed by atoms with Crippen LogP contribution in [0.5, 0.6) is 0 Å². The van der Waals surface area contributed by atoms with Gasteiger partial charge >= 0.3 is 0 Å². The normalized spacial score (nSPS) is 10.5. The number of aromatic nitrogens is 1. The van der Waals surface area contributed by atoms with Crippen LogP contribution in [-0.2, 0) is 9.53 Å². The summed E-state index contributed by atoms with van der Waals surface area (Å²) >= 11 is 13.4. The molecule has 10 heteroatoms. The molecule has 2 amide bonds. The van der Waals surface area contributed by atoms with Gasteiger partial charge in [0.2, 0.25) is 5.91 Å². The van der Waals surface area contributed by atoms with E-state index in [4.69, 9.17) is 27.9 Å². The zero-order chi connectivity index (χ0) is 19.1. The number of benzene rings is 1. The molecule has 0 aliphatic rings. The molecule has 7 nitrogen and oxygen atoms in total. The van der Waals surface area contributed by atoms with Gasteiger partial charge in [-0.2, -0.15) is 0 Å². The summed E-state index contributed by atoms with van der Waals surface area (Å²) in [5, 5.41) is 8.59. The Labute approximate surface area is 165 Å². The Morgan fingerprint density at radius 2 is 2.12 bits per heavy atom. The minimum Gasteiger partial charge on any atom is -0.383 e. The summed E-state index contributed by atoms with van der Waals surface area (Å²) in [4.78, 5) is 29.7. The molecule has 1 heterocycles. The Bertz CT molecular complexity index is 785. The van der Waals surface area contributed by atoms with Crippen molar-refractivity contribution in [3.8, 4) is 0 Å². The number of hydrogen-bond donors (Lipinski definition) is 2. The summed E-state index contributed by atoms with van der Waals surface area (Å²) in [6.07, 6.45) is 0. The number of nitrogens with one attached hydrogen (secondary N) is 2. The molecule has 140 valence electrons. The van der Waals surface area contributed by atoms with E-state index in [-0.39, 0.29) is 24.1 Å². The number of methoxy groups -OCH3 is 1. The quantitative estimate of drug-likeness (QED) is 0.646. The summed E-state index contributed by atoms with van der Waals surface area (Å²) in [6.45, 7) is 0.738. The first-order valence-electron chi connectivity index (χ1n) is 7.60. The first-order valence-corrected chi connectivity index (χ1v) is 9.23. The van der Waals surface area contributed by atoms with Gasteiger partial charge in [-0.3, -0.25) is 9.59 Å². The first-order chi connectivity index (χ1) is 12.4. The van der Waals surface area contributed by atoms with Crippen molar-refractivity contribution >= 4 is 57.2 Å². The van der Waals surface area contributed by atoms with E-state index in [0.29, 0.717) is 34.0 Å². The van der Waals surface area contributed by atoms with Gasteiger partial charge in [0.15, 0.2) is 5.13 Å². The highest BCUT2D eigenvalue weighted by Gasteiger charge is 2.18. The predicted octanol–water partition coefficient (Wildman–Crippen LogP) is 3.03. The third-order valence-electron chi connectivity index (χ3n) is 3.27. The summed E-state index contributed by atoms with van der Waals surface area (Å²) < 4.78 is 4.85. The maximum atomic E-state index is 12.4. The van der Waals surface area contributed by atoms with E-state index < -0.39 is 0 Å². The van der Waals surface area contributed by atoms with Crippen molar-refractivity contribution in [1.82, 2.24) is 15.2 Å². The van der Waals surface area contributed by atoms with Crippen LogP contribution in [0, 0.1) is 0 Å². The van der Waals surface area contributed by atoms with Crippen molar-refractivity contribution < 1.29 is 14.3 Å². The monoisotopic (exact) mass is 416 g/mol. The lowest BCUT2D eigenvalue weighted by Gasteiger charge is -2.15. The summed E-state index contributed by atoms with van der Waals surface area (Å²) in [6, 6.07) is 5.19. The number of rotatable bonds is 8. The molecule has 1 aromatic heterocycles. The predicted molar refractivity (Wildman–Crippen MR) is 104 cm³/mol. The van der Waals surface area contributed by atoms with Crippen LogP contribution < -0.4 is 10.6 Å². The van der Waals surface area contributed by atoms with Gasteiger partial charge in [0.1, 0.15) is 5.69 Å². The number of hydrogen-bond acceptors (Lipinski definition) is 6. The number of ether oxygens (including phenoxy) is 1. The lowest BCUT2D eigenvalue weighted by Crippen LogP contribution is -2.39. The van der Waals surface area contributed by atoms with Crippen LogP contribution in [0.1, 0.15) is 10.5 Å². The summed E-state index contributed by atoms with van der Waals surface area (Å²) in [5.41, 5.74) is 0.834. The Balaban J connectivity index is 1.96. The standard InChI is InChI=1S/C16H18Cl2N4O3S/c1-22(8-13(23)19-6-7-25-2)15(24)12-9-26-16(21-12)20-11-5-3-4-10(17)14(11)18/h3-5,9H,6-8H2,1-2H3,(H,19,23)(H,20,21). The SMILES string of the molecule is COCCNC(=O)CN(C)C(=O)c1csc(Nc2cccc(Cl)c2Cl)n1. The molecule has 26 heavy (non-hydrogen) atoms. The van der Waals surface area contributed by atoms with Gasteiger partial charge in [0, 0.05) is 26.1 Å². The Hall–Kier alpha value is -1.87. The van der Waals surface area contributed by atoms with Crippen LogP contribution in [0.3, 0.4) is 0 Å². The second kappa shape index (κ2) is 9.72. The third kappa shape index (κ3) is 5.57. The highest BCUT2D eigenvalue weighted by Crippen LogP contribution is 2.32. The molecule has 0 spiro atoms. The van der Waals surface area contributed by atoms with Crippen LogP contribution in [-0.4, -0.2) is 55.6 Å². The van der Waals surface area contributed by atoms with Gasteiger partial charge in [-0.1, -0.05) is 29.3 Å². The Morgan fingerprint density at radius 3 is 2.85 bits per heavy atom. The van der Waals surface area contributed by atoms with Crippen LogP contribution in [0.25, 0.3) is 0 Å². The first kappa shape index (κ1) is 20.4. The van der Waals surface area contributed by atoms with Crippen LogP contribution in [0.4, 0.5) is 10.8 Å². The van der Waals surface area contributed by atoms with E-state index in [1.54, 1.807) is 37.7 Å². The number of amides is 2. The molecule has 0 bridgehead atoms. The maximum absolute atomic E-state index is 12.4. The number of likely N-dealkylation sites (N-methyl/N-ethyl adjacent to an activating group) is 1. The molecule has 0 unspecified atom stereocenters. The van der Waals surface area contributed by atoms with Gasteiger partial charge in [-0.25, -0.2) is 4.98 Å². The van der Waals surface area contributed by atoms with E-state index >= 15 is 0 Å². The second-order valence-electron chi connectivity index (χ2n) is 5.27. The lowest BCUT2D eigenvalue weighted by molar-refractivity contribution is -0.121. The number of anilines is 2. The summed E-state index contributed by atoms with van der Waals surface area (Å²) in [7, 11) is 3.09. The number of carbonyl (C=O) groups is 2. The van der Waals surface area contributed by atoms with Crippen molar-refractivity contribution in [2.24, 2.45) is 0 Å². The zero-order valence-electron chi connectivity index (χ0n) is 14.2. The molecule has 2 aromatic rings. The number of halogens is 2. The van der Waals surface area contributed by atoms with E-state index in [1.165, 1.54) is 16.2 Å². The van der Waals surface area contributed by atoms with E-state index in [1.807, 2.05) is 0 Å². The molecule has 1 aromatic carbocycles. The lowest BCUT2D eigenvalue weighted by atomic mass is 10.3. The van der Waals surface area contributed by atoms with E-state index in [9.17, 15) is 9.59 Å². The second-order valence-corrected chi connectivity index (χ2v) is 6.91. The van der Waals surface area contributed by atoms with Crippen molar-refractivity contribution in [1.29, 1.82) is 0 Å². The molecular weight excluding hydrogens is 399 g/mol. The maximum Gasteiger partial charge on any atom is 0.273 e. The topological polar surface area (TPSA) is 83.6 Å². The summed E-state index contributed by atoms with van der Waals surface area (Å²) in [5.74, 6) is -0.620. The fourth-order valence-corrected chi connectivity index (χ4v) is 3.02. The molecule has 0 fully saturated rings.